The molecule has 4 nitrogen and oxygen atoms in total. The molecule has 0 amide bonds. The molecule has 156 valence electrons. The highest BCUT2D eigenvalue weighted by Gasteiger charge is 2.38. The molecule has 1 saturated heterocycles. The van der Waals surface area contributed by atoms with E-state index in [0.717, 1.165) is 51.3 Å². The van der Waals surface area contributed by atoms with Gasteiger partial charge in [0.15, 0.2) is 5.13 Å². The predicted molar refractivity (Wildman–Crippen MR) is 121 cm³/mol. The Morgan fingerprint density at radius 1 is 1.10 bits per heavy atom. The molecular formula is C24H27FN4S. The van der Waals surface area contributed by atoms with E-state index >= 15 is 0 Å². The number of anilines is 2. The van der Waals surface area contributed by atoms with E-state index in [9.17, 15) is 4.39 Å². The molecule has 3 aromatic rings. The Kier molecular flexibility index (Phi) is 5.77. The van der Waals surface area contributed by atoms with Crippen LogP contribution in [-0.4, -0.2) is 23.1 Å². The van der Waals surface area contributed by atoms with E-state index < -0.39 is 0 Å². The molecule has 3 unspecified atom stereocenters. The van der Waals surface area contributed by atoms with Gasteiger partial charge < -0.3 is 10.6 Å². The van der Waals surface area contributed by atoms with Crippen molar-refractivity contribution in [2.45, 2.75) is 32.1 Å². The Bertz CT molecular complexity index is 987. The van der Waals surface area contributed by atoms with Crippen LogP contribution in [0.15, 0.2) is 48.7 Å². The monoisotopic (exact) mass is 422 g/mol. The highest BCUT2D eigenvalue weighted by Crippen LogP contribution is 2.41. The van der Waals surface area contributed by atoms with Gasteiger partial charge in [-0.2, -0.15) is 0 Å². The average Bonchev–Trinajstić information content (AvgIpc) is 3.48. The van der Waals surface area contributed by atoms with Crippen LogP contribution in [0.4, 0.5) is 15.3 Å². The number of aryl methyl sites for hydroxylation is 1. The average molecular weight is 423 g/mol. The molecule has 0 bridgehead atoms. The van der Waals surface area contributed by atoms with Gasteiger partial charge in [-0.15, -0.1) is 0 Å². The van der Waals surface area contributed by atoms with Gasteiger partial charge in [0.05, 0.1) is 4.88 Å². The molecule has 5 rings (SSSR count). The van der Waals surface area contributed by atoms with Gasteiger partial charge in [-0.1, -0.05) is 29.5 Å². The van der Waals surface area contributed by atoms with Gasteiger partial charge in [0.1, 0.15) is 11.6 Å². The number of benzene rings is 1. The van der Waals surface area contributed by atoms with Crippen molar-refractivity contribution >= 4 is 22.3 Å². The van der Waals surface area contributed by atoms with E-state index in [-0.39, 0.29) is 5.82 Å². The maximum atomic E-state index is 13.1. The van der Waals surface area contributed by atoms with Crippen molar-refractivity contribution in [2.75, 3.05) is 18.4 Å². The third-order valence-electron chi connectivity index (χ3n) is 6.59. The highest BCUT2D eigenvalue weighted by atomic mass is 32.1. The first kappa shape index (κ1) is 19.6. The van der Waals surface area contributed by atoms with Crippen molar-refractivity contribution in [3.8, 4) is 10.4 Å². The van der Waals surface area contributed by atoms with E-state index in [2.05, 4.69) is 27.8 Å². The van der Waals surface area contributed by atoms with Gasteiger partial charge in [-0.3, -0.25) is 0 Å². The van der Waals surface area contributed by atoms with Crippen molar-refractivity contribution in [3.05, 3.63) is 60.2 Å². The molecule has 2 aliphatic rings. The van der Waals surface area contributed by atoms with Gasteiger partial charge in [0.25, 0.3) is 0 Å². The number of nitrogens with one attached hydrogen (secondary N) is 2. The lowest BCUT2D eigenvalue weighted by molar-refractivity contribution is 0.348. The maximum absolute atomic E-state index is 13.1. The lowest BCUT2D eigenvalue weighted by Crippen LogP contribution is -2.16. The fraction of sp³-hybridized carbons (Fsp3) is 0.417. The number of thiazole rings is 1. The Hall–Kier alpha value is -2.31. The zero-order chi connectivity index (χ0) is 20.3. The molecule has 6 heteroatoms. The first-order chi connectivity index (χ1) is 14.7. The number of nitrogens with zero attached hydrogens (tertiary/aromatic N) is 2. The molecule has 2 N–H and O–H groups in total. The summed E-state index contributed by atoms with van der Waals surface area (Å²) >= 11 is 1.55. The second-order valence-electron chi connectivity index (χ2n) is 8.49. The number of aromatic nitrogens is 2. The van der Waals surface area contributed by atoms with Crippen LogP contribution in [0.2, 0.25) is 0 Å². The number of hydrogen-bond donors (Lipinski definition) is 2. The van der Waals surface area contributed by atoms with Gasteiger partial charge in [-0.05, 0) is 92.8 Å². The Balaban J connectivity index is 1.17. The predicted octanol–water partition coefficient (Wildman–Crippen LogP) is 5.66. The first-order valence-corrected chi connectivity index (χ1v) is 11.7. The number of rotatable bonds is 7. The lowest BCUT2D eigenvalue weighted by Gasteiger charge is -2.17. The summed E-state index contributed by atoms with van der Waals surface area (Å²) in [6.45, 7) is 2.46. The molecule has 1 aliphatic heterocycles. The van der Waals surface area contributed by atoms with Crippen LogP contribution >= 0.6 is 11.3 Å². The standard InChI is InChI=1S/C24H27FN4S/c25-19-11-9-17(10-12-19)22-15-27-24(30-22)29-23-6-2-5-20(28-23)4-1-3-16-7-8-18-13-26-14-21(16)18/h2,5-6,9-12,15-16,18,21,26H,1,3-4,7-8,13-14H2,(H,27,28,29). The van der Waals surface area contributed by atoms with Gasteiger partial charge in [-0.25, -0.2) is 14.4 Å². The van der Waals surface area contributed by atoms with E-state index in [1.165, 1.54) is 50.9 Å². The van der Waals surface area contributed by atoms with Crippen LogP contribution in [-0.2, 0) is 6.42 Å². The maximum Gasteiger partial charge on any atom is 0.188 e. The summed E-state index contributed by atoms with van der Waals surface area (Å²) in [5.74, 6) is 3.33. The summed E-state index contributed by atoms with van der Waals surface area (Å²) in [7, 11) is 0. The number of fused-ring (bicyclic) bond motifs is 1. The van der Waals surface area contributed by atoms with E-state index in [0.29, 0.717) is 0 Å². The minimum Gasteiger partial charge on any atom is -0.316 e. The quantitative estimate of drug-likeness (QED) is 0.516. The Morgan fingerprint density at radius 3 is 2.90 bits per heavy atom. The third kappa shape index (κ3) is 4.40. The van der Waals surface area contributed by atoms with E-state index in [4.69, 9.17) is 4.98 Å². The van der Waals surface area contributed by atoms with Crippen LogP contribution in [0, 0.1) is 23.6 Å². The summed E-state index contributed by atoms with van der Waals surface area (Å²) < 4.78 is 13.1. The molecule has 1 aromatic carbocycles. The SMILES string of the molecule is Fc1ccc(-c2cnc(Nc3cccc(CCCC4CCC5CNCC45)n3)s2)cc1. The molecule has 30 heavy (non-hydrogen) atoms. The van der Waals surface area contributed by atoms with Crippen LogP contribution in [0.1, 0.15) is 31.4 Å². The number of hydrogen-bond acceptors (Lipinski definition) is 5. The van der Waals surface area contributed by atoms with Crippen LogP contribution < -0.4 is 10.6 Å². The molecule has 1 aliphatic carbocycles. The summed E-state index contributed by atoms with van der Waals surface area (Å²) in [5, 5.41) is 7.68. The number of pyridine rings is 1. The second-order valence-corrected chi connectivity index (χ2v) is 9.52. The normalized spacial score (nSPS) is 22.9. The Morgan fingerprint density at radius 2 is 2.00 bits per heavy atom. The van der Waals surface area contributed by atoms with Gasteiger partial charge in [0, 0.05) is 11.9 Å². The van der Waals surface area contributed by atoms with Crippen LogP contribution in [0.25, 0.3) is 10.4 Å². The Labute approximate surface area is 181 Å². The van der Waals surface area contributed by atoms with Gasteiger partial charge in [0.2, 0.25) is 0 Å². The molecule has 2 fully saturated rings. The van der Waals surface area contributed by atoms with Crippen molar-refractivity contribution in [1.82, 2.24) is 15.3 Å². The number of halogens is 1. The molecule has 2 aromatic heterocycles. The molecule has 3 atom stereocenters. The van der Waals surface area contributed by atoms with Crippen molar-refractivity contribution in [2.24, 2.45) is 17.8 Å². The topological polar surface area (TPSA) is 49.8 Å². The minimum absolute atomic E-state index is 0.227. The largest absolute Gasteiger partial charge is 0.316 e. The molecule has 0 spiro atoms. The molecule has 1 saturated carbocycles. The summed E-state index contributed by atoms with van der Waals surface area (Å²) in [5.41, 5.74) is 2.10. The highest BCUT2D eigenvalue weighted by molar-refractivity contribution is 7.18. The van der Waals surface area contributed by atoms with Gasteiger partial charge >= 0.3 is 0 Å². The zero-order valence-electron chi connectivity index (χ0n) is 17.0. The minimum atomic E-state index is -0.227. The molecular weight excluding hydrogens is 395 g/mol. The van der Waals surface area contributed by atoms with Crippen molar-refractivity contribution < 1.29 is 4.39 Å². The summed E-state index contributed by atoms with van der Waals surface area (Å²) in [6, 6.07) is 12.7. The fourth-order valence-corrected chi connectivity index (χ4v) is 5.87. The summed E-state index contributed by atoms with van der Waals surface area (Å²) in [4.78, 5) is 10.2. The van der Waals surface area contributed by atoms with Crippen molar-refractivity contribution in [3.63, 3.8) is 0 Å². The van der Waals surface area contributed by atoms with E-state index in [1.54, 1.807) is 23.5 Å². The molecule has 0 radical (unpaired) electrons. The molecule has 3 heterocycles. The first-order valence-electron chi connectivity index (χ1n) is 10.9. The zero-order valence-corrected chi connectivity index (χ0v) is 17.8. The van der Waals surface area contributed by atoms with Crippen molar-refractivity contribution in [1.29, 1.82) is 0 Å². The fourth-order valence-electron chi connectivity index (χ4n) is 5.04. The van der Waals surface area contributed by atoms with E-state index in [1.807, 2.05) is 12.3 Å². The third-order valence-corrected chi connectivity index (χ3v) is 7.55. The smallest absolute Gasteiger partial charge is 0.188 e. The van der Waals surface area contributed by atoms with Crippen LogP contribution in [0.5, 0.6) is 0 Å². The summed E-state index contributed by atoms with van der Waals surface area (Å²) in [6.07, 6.45) is 8.18. The lowest BCUT2D eigenvalue weighted by atomic mass is 9.88. The second kappa shape index (κ2) is 8.82. The van der Waals surface area contributed by atoms with Crippen LogP contribution in [0.3, 0.4) is 0 Å².